The lowest BCUT2D eigenvalue weighted by Crippen LogP contribution is -2.47. The van der Waals surface area contributed by atoms with Crippen LogP contribution in [0, 0.1) is 0 Å². The first-order chi connectivity index (χ1) is 8.11. The maximum atomic E-state index is 12.0. The van der Waals surface area contributed by atoms with E-state index in [0.717, 1.165) is 0 Å². The van der Waals surface area contributed by atoms with Crippen LogP contribution in [0.2, 0.25) is 0 Å². The molecule has 1 heterocycles. The number of amides is 2. The Labute approximate surface area is 107 Å². The summed E-state index contributed by atoms with van der Waals surface area (Å²) in [5.74, 6) is -0.197. The molecule has 0 saturated carbocycles. The second-order valence-electron chi connectivity index (χ2n) is 5.77. The molecular weight excluding hydrogens is 236 g/mol. The average molecular weight is 258 g/mol. The minimum atomic E-state index is -0.675. The first kappa shape index (κ1) is 14.8. The summed E-state index contributed by atoms with van der Waals surface area (Å²) in [6.45, 7) is 5.43. The molecule has 104 valence electrons. The van der Waals surface area contributed by atoms with Gasteiger partial charge < -0.3 is 14.7 Å². The lowest BCUT2D eigenvalue weighted by molar-refractivity contribution is -0.133. The number of carbonyl (C=O) groups is 2. The van der Waals surface area contributed by atoms with Crippen molar-refractivity contribution in [2.45, 2.75) is 44.9 Å². The zero-order valence-electron chi connectivity index (χ0n) is 11.6. The fourth-order valence-corrected chi connectivity index (χ4v) is 1.87. The molecule has 0 unspecified atom stereocenters. The van der Waals surface area contributed by atoms with Gasteiger partial charge >= 0.3 is 6.09 Å². The van der Waals surface area contributed by atoms with E-state index in [-0.39, 0.29) is 18.9 Å². The first-order valence-corrected chi connectivity index (χ1v) is 6.00. The topological polar surface area (TPSA) is 70.1 Å². The molecule has 0 spiro atoms. The van der Waals surface area contributed by atoms with Crippen molar-refractivity contribution in [3.05, 3.63) is 0 Å². The minimum absolute atomic E-state index is 0.138. The number of nitrogens with zero attached hydrogens (tertiary/aromatic N) is 2. The van der Waals surface area contributed by atoms with Crippen molar-refractivity contribution in [2.75, 3.05) is 20.6 Å². The molecule has 0 radical (unpaired) electrons. The van der Waals surface area contributed by atoms with Crippen LogP contribution in [-0.2, 0) is 9.53 Å². The van der Waals surface area contributed by atoms with Crippen molar-refractivity contribution in [2.24, 2.45) is 0 Å². The molecule has 0 aromatic rings. The number of likely N-dealkylation sites (N-methyl/N-ethyl adjacent to an activating group) is 1. The molecule has 0 bridgehead atoms. The highest BCUT2D eigenvalue weighted by Gasteiger charge is 2.41. The molecule has 1 N–H and O–H groups in total. The van der Waals surface area contributed by atoms with E-state index in [9.17, 15) is 14.7 Å². The van der Waals surface area contributed by atoms with Gasteiger partial charge in [-0.15, -0.1) is 0 Å². The molecule has 1 saturated heterocycles. The largest absolute Gasteiger partial charge is 0.444 e. The minimum Gasteiger partial charge on any atom is -0.444 e. The number of ether oxygens (including phenoxy) is 1. The van der Waals surface area contributed by atoms with Gasteiger partial charge in [0.25, 0.3) is 0 Å². The number of hydrogen-bond donors (Lipinski definition) is 1. The second kappa shape index (κ2) is 5.14. The van der Waals surface area contributed by atoms with E-state index in [1.165, 1.54) is 9.80 Å². The molecule has 1 rings (SSSR count). The third-order valence-corrected chi connectivity index (χ3v) is 2.63. The van der Waals surface area contributed by atoms with Gasteiger partial charge in [0.2, 0.25) is 5.91 Å². The Morgan fingerprint density at radius 2 is 1.89 bits per heavy atom. The third kappa shape index (κ3) is 3.60. The Hall–Kier alpha value is -1.30. The lowest BCUT2D eigenvalue weighted by Gasteiger charge is -2.28. The van der Waals surface area contributed by atoms with Crippen molar-refractivity contribution in [3.63, 3.8) is 0 Å². The van der Waals surface area contributed by atoms with Gasteiger partial charge in [-0.05, 0) is 20.8 Å². The van der Waals surface area contributed by atoms with Crippen LogP contribution < -0.4 is 0 Å². The number of rotatable bonds is 1. The van der Waals surface area contributed by atoms with E-state index in [0.29, 0.717) is 0 Å². The van der Waals surface area contributed by atoms with Crippen molar-refractivity contribution < 1.29 is 19.4 Å². The predicted octanol–water partition coefficient (Wildman–Crippen LogP) is 0.445. The van der Waals surface area contributed by atoms with Gasteiger partial charge in [-0.3, -0.25) is 9.69 Å². The summed E-state index contributed by atoms with van der Waals surface area (Å²) in [4.78, 5) is 26.6. The maximum Gasteiger partial charge on any atom is 0.411 e. The van der Waals surface area contributed by atoms with E-state index in [1.807, 2.05) is 0 Å². The molecule has 18 heavy (non-hydrogen) atoms. The van der Waals surface area contributed by atoms with E-state index >= 15 is 0 Å². The van der Waals surface area contributed by atoms with E-state index in [2.05, 4.69) is 0 Å². The Bertz CT molecular complexity index is 335. The van der Waals surface area contributed by atoms with Gasteiger partial charge in [0.15, 0.2) is 0 Å². The van der Waals surface area contributed by atoms with Crippen molar-refractivity contribution >= 4 is 12.0 Å². The SMILES string of the molecule is CN(C)C(=O)[C@H]1C[C@@H](O)CN1C(=O)OC(C)(C)C. The molecule has 1 fully saturated rings. The highest BCUT2D eigenvalue weighted by atomic mass is 16.6. The van der Waals surface area contributed by atoms with Crippen molar-refractivity contribution in [1.29, 1.82) is 0 Å². The predicted molar refractivity (Wildman–Crippen MR) is 66.0 cm³/mol. The molecule has 1 aliphatic heterocycles. The Balaban J connectivity index is 2.79. The van der Waals surface area contributed by atoms with Crippen LogP contribution in [0.15, 0.2) is 0 Å². The van der Waals surface area contributed by atoms with Crippen LogP contribution in [-0.4, -0.2) is 65.3 Å². The second-order valence-corrected chi connectivity index (χ2v) is 5.77. The van der Waals surface area contributed by atoms with Gasteiger partial charge in [0.1, 0.15) is 11.6 Å². The Morgan fingerprint density at radius 3 is 2.33 bits per heavy atom. The van der Waals surface area contributed by atoms with Gasteiger partial charge in [0, 0.05) is 20.5 Å². The van der Waals surface area contributed by atoms with Crippen LogP contribution in [0.4, 0.5) is 4.79 Å². The molecular formula is C12H22N2O4. The van der Waals surface area contributed by atoms with Gasteiger partial charge in [-0.1, -0.05) is 0 Å². The number of aliphatic hydroxyl groups is 1. The molecule has 1 aliphatic rings. The summed E-state index contributed by atoms with van der Waals surface area (Å²) in [5.41, 5.74) is -0.615. The van der Waals surface area contributed by atoms with Crippen LogP contribution in [0.1, 0.15) is 27.2 Å². The number of β-amino-alcohol motifs (C(OH)–C–C–N with tert-alkyl or cyclic N) is 1. The number of hydrogen-bond acceptors (Lipinski definition) is 4. The van der Waals surface area contributed by atoms with Crippen molar-refractivity contribution in [3.8, 4) is 0 Å². The van der Waals surface area contributed by atoms with E-state index in [1.54, 1.807) is 34.9 Å². The summed E-state index contributed by atoms with van der Waals surface area (Å²) >= 11 is 0. The highest BCUT2D eigenvalue weighted by molar-refractivity contribution is 5.86. The summed E-state index contributed by atoms with van der Waals surface area (Å²) in [7, 11) is 3.25. The molecule has 0 aromatic heterocycles. The summed E-state index contributed by atoms with van der Waals surface area (Å²) in [6.07, 6.45) is -0.971. The molecule has 6 heteroatoms. The normalized spacial score (nSPS) is 24.0. The quantitative estimate of drug-likeness (QED) is 0.741. The fraction of sp³-hybridized carbons (Fsp3) is 0.833. The molecule has 6 nitrogen and oxygen atoms in total. The standard InChI is InChI=1S/C12H22N2O4/c1-12(2,3)18-11(17)14-7-8(15)6-9(14)10(16)13(4)5/h8-9,15H,6-7H2,1-5H3/t8-,9-/m1/s1. The van der Waals surface area contributed by atoms with Gasteiger partial charge in [0.05, 0.1) is 12.6 Å². The fourth-order valence-electron chi connectivity index (χ4n) is 1.87. The first-order valence-electron chi connectivity index (χ1n) is 6.00. The summed E-state index contributed by atoms with van der Waals surface area (Å²) < 4.78 is 5.24. The van der Waals surface area contributed by atoms with Crippen LogP contribution in [0.25, 0.3) is 0 Å². The zero-order valence-corrected chi connectivity index (χ0v) is 11.6. The van der Waals surface area contributed by atoms with Crippen LogP contribution in [0.3, 0.4) is 0 Å². The molecule has 0 aromatic carbocycles. The third-order valence-electron chi connectivity index (χ3n) is 2.63. The molecule has 0 aliphatic carbocycles. The van der Waals surface area contributed by atoms with Crippen LogP contribution in [0.5, 0.6) is 0 Å². The molecule has 2 amide bonds. The highest BCUT2D eigenvalue weighted by Crippen LogP contribution is 2.22. The number of carbonyl (C=O) groups excluding carboxylic acids is 2. The van der Waals surface area contributed by atoms with Gasteiger partial charge in [-0.2, -0.15) is 0 Å². The summed E-state index contributed by atoms with van der Waals surface area (Å²) in [5, 5.41) is 9.63. The number of likely N-dealkylation sites (tertiary alicyclic amines) is 1. The van der Waals surface area contributed by atoms with Crippen LogP contribution >= 0.6 is 0 Å². The summed E-state index contributed by atoms with van der Waals surface area (Å²) in [6, 6.07) is -0.634. The van der Waals surface area contributed by atoms with E-state index < -0.39 is 23.8 Å². The zero-order chi connectivity index (χ0) is 14.1. The average Bonchev–Trinajstić information content (AvgIpc) is 2.56. The lowest BCUT2D eigenvalue weighted by atomic mass is 10.2. The number of aliphatic hydroxyl groups excluding tert-OH is 1. The Morgan fingerprint density at radius 1 is 1.33 bits per heavy atom. The maximum absolute atomic E-state index is 12.0. The van der Waals surface area contributed by atoms with Crippen molar-refractivity contribution in [1.82, 2.24) is 9.80 Å². The monoisotopic (exact) mass is 258 g/mol. The molecule has 2 atom stereocenters. The van der Waals surface area contributed by atoms with Gasteiger partial charge in [-0.25, -0.2) is 4.79 Å². The van der Waals surface area contributed by atoms with E-state index in [4.69, 9.17) is 4.74 Å². The smallest absolute Gasteiger partial charge is 0.411 e. The Kier molecular flexibility index (Phi) is 4.21.